The lowest BCUT2D eigenvalue weighted by Gasteiger charge is -2.22. The Morgan fingerprint density at radius 3 is 2.70 bits per heavy atom. The van der Waals surface area contributed by atoms with E-state index in [-0.39, 0.29) is 11.2 Å². The summed E-state index contributed by atoms with van der Waals surface area (Å²) in [6.07, 6.45) is 5.21. The minimum absolute atomic E-state index is 0.223. The van der Waals surface area contributed by atoms with E-state index in [0.717, 1.165) is 22.8 Å². The van der Waals surface area contributed by atoms with Gasteiger partial charge in [-0.25, -0.2) is 0 Å². The van der Waals surface area contributed by atoms with Crippen LogP contribution in [-0.4, -0.2) is 10.8 Å². The maximum Gasteiger partial charge on any atom is 0.163 e. The number of nitrogens with zero attached hydrogens (tertiary/aromatic N) is 1. The molecule has 0 amide bonds. The molecule has 0 N–H and O–H groups in total. The molecule has 0 saturated heterocycles. The number of pyridine rings is 1. The highest BCUT2D eigenvalue weighted by atomic mass is 16.1. The predicted octanol–water partition coefficient (Wildman–Crippen LogP) is 4.88. The summed E-state index contributed by atoms with van der Waals surface area (Å²) in [7, 11) is 0. The Balaban J connectivity index is 2.20. The highest BCUT2D eigenvalue weighted by molar-refractivity contribution is 6.07. The Bertz CT molecular complexity index is 605. The normalized spacial score (nSPS) is 13.4. The van der Waals surface area contributed by atoms with Gasteiger partial charge < -0.3 is 0 Å². The van der Waals surface area contributed by atoms with Gasteiger partial charge in [0.25, 0.3) is 0 Å². The van der Waals surface area contributed by atoms with E-state index in [9.17, 15) is 4.79 Å². The van der Waals surface area contributed by atoms with Crippen molar-refractivity contribution in [2.75, 3.05) is 0 Å². The SMILES string of the molecule is CC(CC(=O)c1cccc2ccncc12)CC(C)(C)C. The van der Waals surface area contributed by atoms with Crippen LogP contribution in [0.3, 0.4) is 0 Å². The van der Waals surface area contributed by atoms with Crippen LogP contribution in [0.1, 0.15) is 50.9 Å². The molecule has 2 rings (SSSR count). The monoisotopic (exact) mass is 269 g/mol. The summed E-state index contributed by atoms with van der Waals surface area (Å²) in [6.45, 7) is 8.81. The fourth-order valence-corrected chi connectivity index (χ4v) is 2.90. The first-order valence-corrected chi connectivity index (χ1v) is 7.23. The lowest BCUT2D eigenvalue weighted by Crippen LogP contribution is -2.14. The first-order valence-electron chi connectivity index (χ1n) is 7.23. The Labute approximate surface area is 121 Å². The quantitative estimate of drug-likeness (QED) is 0.740. The van der Waals surface area contributed by atoms with E-state index >= 15 is 0 Å². The number of hydrogen-bond donors (Lipinski definition) is 0. The van der Waals surface area contributed by atoms with E-state index in [1.807, 2.05) is 24.3 Å². The summed E-state index contributed by atoms with van der Waals surface area (Å²) < 4.78 is 0. The topological polar surface area (TPSA) is 30.0 Å². The fraction of sp³-hybridized carbons (Fsp3) is 0.444. The van der Waals surface area contributed by atoms with Crippen molar-refractivity contribution in [3.8, 4) is 0 Å². The second-order valence-corrected chi connectivity index (χ2v) is 6.90. The van der Waals surface area contributed by atoms with Crippen LogP contribution in [0.25, 0.3) is 10.8 Å². The second kappa shape index (κ2) is 5.74. The molecular formula is C18H23NO. The zero-order valence-electron chi connectivity index (χ0n) is 12.8. The lowest BCUT2D eigenvalue weighted by molar-refractivity contribution is 0.0956. The van der Waals surface area contributed by atoms with Crippen LogP contribution in [0.2, 0.25) is 0 Å². The zero-order chi connectivity index (χ0) is 14.8. The molecule has 1 atom stereocenters. The van der Waals surface area contributed by atoms with Crippen molar-refractivity contribution in [2.24, 2.45) is 11.3 Å². The summed E-state index contributed by atoms with van der Waals surface area (Å²) in [5.74, 6) is 0.620. The van der Waals surface area contributed by atoms with Crippen LogP contribution < -0.4 is 0 Å². The standard InChI is InChI=1S/C18H23NO/c1-13(11-18(2,3)4)10-17(20)15-7-5-6-14-8-9-19-12-16(14)15/h5-9,12-13H,10-11H2,1-4H3. The molecule has 20 heavy (non-hydrogen) atoms. The molecule has 1 aromatic heterocycles. The van der Waals surface area contributed by atoms with Gasteiger partial charge >= 0.3 is 0 Å². The lowest BCUT2D eigenvalue weighted by atomic mass is 9.82. The molecule has 2 aromatic rings. The van der Waals surface area contributed by atoms with Crippen molar-refractivity contribution in [3.63, 3.8) is 0 Å². The van der Waals surface area contributed by atoms with Crippen LogP contribution in [-0.2, 0) is 0 Å². The molecule has 2 heteroatoms. The summed E-state index contributed by atoms with van der Waals surface area (Å²) in [4.78, 5) is 16.7. The van der Waals surface area contributed by atoms with Crippen LogP contribution in [0, 0.1) is 11.3 Å². The first-order chi connectivity index (χ1) is 9.37. The van der Waals surface area contributed by atoms with Gasteiger partial charge in [0, 0.05) is 29.8 Å². The highest BCUT2D eigenvalue weighted by Gasteiger charge is 2.19. The van der Waals surface area contributed by atoms with E-state index in [1.165, 1.54) is 0 Å². The molecule has 1 heterocycles. The number of ketones is 1. The van der Waals surface area contributed by atoms with Crippen molar-refractivity contribution in [1.29, 1.82) is 0 Å². The number of carbonyl (C=O) groups excluding carboxylic acids is 1. The minimum Gasteiger partial charge on any atom is -0.294 e. The molecule has 0 saturated carbocycles. The number of benzene rings is 1. The molecule has 2 nitrogen and oxygen atoms in total. The summed E-state index contributed by atoms with van der Waals surface area (Å²) >= 11 is 0. The molecule has 0 radical (unpaired) electrons. The molecule has 1 aromatic carbocycles. The maximum atomic E-state index is 12.5. The molecular weight excluding hydrogens is 246 g/mol. The van der Waals surface area contributed by atoms with Gasteiger partial charge in [0.05, 0.1) is 0 Å². The third kappa shape index (κ3) is 3.66. The van der Waals surface area contributed by atoms with Crippen molar-refractivity contribution in [3.05, 3.63) is 42.2 Å². The van der Waals surface area contributed by atoms with Crippen molar-refractivity contribution in [1.82, 2.24) is 4.98 Å². The molecule has 1 unspecified atom stereocenters. The smallest absolute Gasteiger partial charge is 0.163 e. The molecule has 0 bridgehead atoms. The number of fused-ring (bicyclic) bond motifs is 1. The van der Waals surface area contributed by atoms with E-state index < -0.39 is 0 Å². The van der Waals surface area contributed by atoms with Crippen LogP contribution in [0.4, 0.5) is 0 Å². The average Bonchev–Trinajstić information content (AvgIpc) is 2.35. The van der Waals surface area contributed by atoms with Gasteiger partial charge in [-0.3, -0.25) is 9.78 Å². The van der Waals surface area contributed by atoms with Crippen LogP contribution in [0.15, 0.2) is 36.7 Å². The van der Waals surface area contributed by atoms with Crippen molar-refractivity contribution >= 4 is 16.6 Å². The van der Waals surface area contributed by atoms with Gasteiger partial charge in [-0.2, -0.15) is 0 Å². The van der Waals surface area contributed by atoms with E-state index in [2.05, 4.69) is 32.7 Å². The van der Waals surface area contributed by atoms with E-state index in [0.29, 0.717) is 12.3 Å². The third-order valence-electron chi connectivity index (χ3n) is 3.48. The Kier molecular flexibility index (Phi) is 4.22. The molecule has 0 aliphatic carbocycles. The summed E-state index contributed by atoms with van der Waals surface area (Å²) in [5.41, 5.74) is 1.07. The largest absolute Gasteiger partial charge is 0.294 e. The Morgan fingerprint density at radius 1 is 1.25 bits per heavy atom. The van der Waals surface area contributed by atoms with Crippen molar-refractivity contribution < 1.29 is 4.79 Å². The van der Waals surface area contributed by atoms with Crippen LogP contribution >= 0.6 is 0 Å². The number of rotatable bonds is 4. The fourth-order valence-electron chi connectivity index (χ4n) is 2.90. The highest BCUT2D eigenvalue weighted by Crippen LogP contribution is 2.28. The first kappa shape index (κ1) is 14.7. The minimum atomic E-state index is 0.223. The zero-order valence-corrected chi connectivity index (χ0v) is 12.8. The third-order valence-corrected chi connectivity index (χ3v) is 3.48. The molecule has 0 spiro atoms. The molecule has 0 aliphatic rings. The van der Waals surface area contributed by atoms with E-state index in [1.54, 1.807) is 12.4 Å². The molecule has 0 fully saturated rings. The number of carbonyl (C=O) groups is 1. The van der Waals surface area contributed by atoms with Gasteiger partial charge in [-0.05, 0) is 29.2 Å². The van der Waals surface area contributed by atoms with Gasteiger partial charge in [-0.15, -0.1) is 0 Å². The number of aromatic nitrogens is 1. The summed E-state index contributed by atoms with van der Waals surface area (Å²) in [5, 5.41) is 2.04. The maximum absolute atomic E-state index is 12.5. The Hall–Kier alpha value is -1.70. The van der Waals surface area contributed by atoms with Gasteiger partial charge in [0.2, 0.25) is 0 Å². The molecule has 0 aliphatic heterocycles. The van der Waals surface area contributed by atoms with Gasteiger partial charge in [0.1, 0.15) is 0 Å². The van der Waals surface area contributed by atoms with Crippen LogP contribution in [0.5, 0.6) is 0 Å². The Morgan fingerprint density at radius 2 is 2.00 bits per heavy atom. The second-order valence-electron chi connectivity index (χ2n) is 6.90. The average molecular weight is 269 g/mol. The predicted molar refractivity (Wildman–Crippen MR) is 83.9 cm³/mol. The number of hydrogen-bond acceptors (Lipinski definition) is 2. The van der Waals surface area contributed by atoms with Crippen molar-refractivity contribution in [2.45, 2.75) is 40.5 Å². The molecule has 106 valence electrons. The van der Waals surface area contributed by atoms with E-state index in [4.69, 9.17) is 0 Å². The number of Topliss-reactive ketones (excluding diaryl/α,β-unsaturated/α-hetero) is 1. The van der Waals surface area contributed by atoms with Gasteiger partial charge in [0.15, 0.2) is 5.78 Å². The summed E-state index contributed by atoms with van der Waals surface area (Å²) in [6, 6.07) is 7.83. The van der Waals surface area contributed by atoms with Gasteiger partial charge in [-0.1, -0.05) is 45.9 Å².